The number of rotatable bonds is 1. The van der Waals surface area contributed by atoms with Gasteiger partial charge in [-0.1, -0.05) is 0 Å². The Hall–Kier alpha value is 0.427. The molecule has 0 aliphatic carbocycles. The van der Waals surface area contributed by atoms with E-state index in [4.69, 9.17) is 0 Å². The molecule has 0 saturated carbocycles. The second-order valence-corrected chi connectivity index (χ2v) is 1.77. The van der Waals surface area contributed by atoms with E-state index < -0.39 is 10.3 Å². The predicted molar refractivity (Wildman–Crippen MR) is 24.1 cm³/mol. The Morgan fingerprint density at radius 1 is 1.43 bits per heavy atom. The molecule has 0 aliphatic rings. The molecule has 0 heterocycles. The summed E-state index contributed by atoms with van der Waals surface area (Å²) in [6, 6.07) is 0. The van der Waals surface area contributed by atoms with Crippen molar-refractivity contribution in [3.05, 3.63) is 0 Å². The third kappa shape index (κ3) is 10.7. The summed E-state index contributed by atoms with van der Waals surface area (Å²) >= 11 is 0. The minimum absolute atomic E-state index is 0. The molecule has 7 heteroatoms. The maximum Gasteiger partial charge on any atom is 0.349 e. The third-order valence-electron chi connectivity index (χ3n) is 0.134. The molecule has 0 aliphatic heterocycles. The zero-order valence-corrected chi connectivity index (χ0v) is 4.60. The third-order valence-corrected chi connectivity index (χ3v) is 0.402. The van der Waals surface area contributed by atoms with E-state index in [1.807, 2.05) is 0 Å². The number of nitrogens with two attached hydrogens (primary N) is 2. The van der Waals surface area contributed by atoms with Crippen LogP contribution in [0.5, 0.6) is 0 Å². The largest absolute Gasteiger partial charge is 0.349 e. The maximum atomic E-state index is 9.43. The maximum absolute atomic E-state index is 9.43. The summed E-state index contributed by atoms with van der Waals surface area (Å²) in [4.78, 5) is 0. The SMILES string of the molecule is NOS(N)(=O)=O.[Li]. The molecule has 0 amide bonds. The van der Waals surface area contributed by atoms with Crippen LogP contribution in [-0.4, -0.2) is 27.3 Å². The quantitative estimate of drug-likeness (QED) is 0.299. The Morgan fingerprint density at radius 2 is 1.57 bits per heavy atom. The first-order chi connectivity index (χ1) is 2.56. The molecule has 0 spiro atoms. The van der Waals surface area contributed by atoms with Gasteiger partial charge in [0.15, 0.2) is 0 Å². The van der Waals surface area contributed by atoms with Gasteiger partial charge in [-0.3, -0.25) is 0 Å². The van der Waals surface area contributed by atoms with E-state index in [-0.39, 0.29) is 18.9 Å². The normalized spacial score (nSPS) is 10.0. The van der Waals surface area contributed by atoms with Gasteiger partial charge in [0, 0.05) is 18.9 Å². The second-order valence-electron chi connectivity index (χ2n) is 0.589. The standard InChI is InChI=1S/Li.H4N2O3S/c;1-5-6(2,3)4/h;1H2,(H2,2,3,4). The molecule has 4 N–H and O–H groups in total. The van der Waals surface area contributed by atoms with Gasteiger partial charge in [-0.2, -0.15) is 18.6 Å². The molecular weight excluding hydrogens is 115 g/mol. The van der Waals surface area contributed by atoms with Gasteiger partial charge in [0.25, 0.3) is 0 Å². The molecule has 0 aromatic carbocycles. The van der Waals surface area contributed by atoms with E-state index in [0.717, 1.165) is 0 Å². The number of hydrogen-bond acceptors (Lipinski definition) is 4. The van der Waals surface area contributed by atoms with Crippen molar-refractivity contribution in [3.63, 3.8) is 0 Å². The van der Waals surface area contributed by atoms with Gasteiger partial charge >= 0.3 is 10.3 Å². The van der Waals surface area contributed by atoms with Crippen molar-refractivity contribution in [2.75, 3.05) is 0 Å². The van der Waals surface area contributed by atoms with E-state index in [0.29, 0.717) is 0 Å². The fourth-order valence-electron chi connectivity index (χ4n) is 0. The molecule has 0 rings (SSSR count). The summed E-state index contributed by atoms with van der Waals surface area (Å²) in [6.45, 7) is 0. The molecule has 39 valence electrons. The van der Waals surface area contributed by atoms with Crippen LogP contribution in [-0.2, 0) is 14.6 Å². The molecule has 7 heavy (non-hydrogen) atoms. The van der Waals surface area contributed by atoms with Gasteiger partial charge < -0.3 is 0 Å². The van der Waals surface area contributed by atoms with Crippen LogP contribution < -0.4 is 11.0 Å². The first-order valence-electron chi connectivity index (χ1n) is 0.971. The number of hydrogen-bond donors (Lipinski definition) is 2. The molecule has 5 nitrogen and oxygen atoms in total. The first-order valence-corrected chi connectivity index (χ1v) is 2.44. The predicted octanol–water partition coefficient (Wildman–Crippen LogP) is -2.30. The van der Waals surface area contributed by atoms with Gasteiger partial charge in [-0.15, -0.1) is 0 Å². The van der Waals surface area contributed by atoms with Crippen LogP contribution in [0, 0.1) is 0 Å². The topological polar surface area (TPSA) is 95.4 Å². The molecule has 0 aromatic heterocycles. The summed E-state index contributed by atoms with van der Waals surface area (Å²) in [7, 11) is -3.88. The average Bonchev–Trinajstić information content (AvgIpc) is 1.35. The van der Waals surface area contributed by atoms with E-state index in [1.165, 1.54) is 0 Å². The molecule has 0 atom stereocenters. The fraction of sp³-hybridized carbons (Fsp3) is 0. The van der Waals surface area contributed by atoms with Crippen molar-refractivity contribution in [1.82, 2.24) is 0 Å². The van der Waals surface area contributed by atoms with Crippen molar-refractivity contribution < 1.29 is 12.7 Å². The van der Waals surface area contributed by atoms with Gasteiger partial charge in [0.1, 0.15) is 0 Å². The van der Waals surface area contributed by atoms with Crippen LogP contribution in [0.15, 0.2) is 0 Å². The van der Waals surface area contributed by atoms with E-state index >= 15 is 0 Å². The minimum atomic E-state index is -3.88. The first kappa shape index (κ1) is 10.4. The molecular formula is H4LiN2O3S. The Kier molecular flexibility index (Phi) is 5.11. The van der Waals surface area contributed by atoms with Gasteiger partial charge in [0.2, 0.25) is 0 Å². The smallest absolute Gasteiger partial charge is 0.204 e. The Bertz CT molecular complexity index is 115. The summed E-state index contributed by atoms with van der Waals surface area (Å²) in [5, 5.41) is 4.16. The zero-order chi connectivity index (χ0) is 5.21. The molecule has 0 saturated heterocycles. The van der Waals surface area contributed by atoms with Crippen LogP contribution in [0.4, 0.5) is 0 Å². The Labute approximate surface area is 53.4 Å². The molecule has 1 radical (unpaired) electrons. The fourth-order valence-corrected chi connectivity index (χ4v) is 0. The summed E-state index contributed by atoms with van der Waals surface area (Å²) in [5.74, 6) is 4.09. The van der Waals surface area contributed by atoms with Crippen LogP contribution in [0.1, 0.15) is 0 Å². The second kappa shape index (κ2) is 3.43. The molecule has 0 bridgehead atoms. The van der Waals surface area contributed by atoms with Gasteiger partial charge in [0.05, 0.1) is 0 Å². The van der Waals surface area contributed by atoms with Crippen molar-refractivity contribution in [3.8, 4) is 0 Å². The zero-order valence-electron chi connectivity index (χ0n) is 3.79. The van der Waals surface area contributed by atoms with Crippen molar-refractivity contribution in [2.24, 2.45) is 11.0 Å². The summed E-state index contributed by atoms with van der Waals surface area (Å²) in [6.07, 6.45) is 0. The summed E-state index contributed by atoms with van der Waals surface area (Å²) in [5.41, 5.74) is 0. The van der Waals surface area contributed by atoms with E-state index in [1.54, 1.807) is 0 Å². The van der Waals surface area contributed by atoms with Gasteiger partial charge in [-0.05, 0) is 0 Å². The van der Waals surface area contributed by atoms with Crippen molar-refractivity contribution in [1.29, 1.82) is 0 Å². The Morgan fingerprint density at radius 3 is 1.57 bits per heavy atom. The molecule has 0 fully saturated rings. The van der Waals surface area contributed by atoms with Gasteiger partial charge in [-0.25, -0.2) is 5.14 Å². The Balaban J connectivity index is 0. The van der Waals surface area contributed by atoms with Crippen molar-refractivity contribution in [2.45, 2.75) is 0 Å². The van der Waals surface area contributed by atoms with E-state index in [2.05, 4.69) is 15.3 Å². The van der Waals surface area contributed by atoms with Crippen LogP contribution in [0.25, 0.3) is 0 Å². The molecule has 0 unspecified atom stereocenters. The summed E-state index contributed by atoms with van der Waals surface area (Å²) < 4.78 is 22.0. The van der Waals surface area contributed by atoms with Crippen LogP contribution in [0.3, 0.4) is 0 Å². The minimum Gasteiger partial charge on any atom is -0.204 e. The van der Waals surface area contributed by atoms with Crippen molar-refractivity contribution >= 4 is 29.2 Å². The average molecular weight is 119 g/mol. The van der Waals surface area contributed by atoms with E-state index in [9.17, 15) is 8.42 Å². The molecule has 0 aromatic rings. The van der Waals surface area contributed by atoms with Crippen LogP contribution >= 0.6 is 0 Å². The van der Waals surface area contributed by atoms with Crippen LogP contribution in [0.2, 0.25) is 0 Å². The monoisotopic (exact) mass is 119 g/mol.